The zero-order chi connectivity index (χ0) is 26.8. The monoisotopic (exact) mass is 496 g/mol. The number of aromatic hydroxyl groups is 2. The molecule has 186 valence electrons. The molecule has 0 aliphatic carbocycles. The number of aldehydes is 1. The number of nitrogens with zero attached hydrogens (tertiary/aromatic N) is 1. The molecular weight excluding hydrogens is 472 g/mol. The van der Waals surface area contributed by atoms with E-state index in [1.54, 1.807) is 84.9 Å². The number of benzene rings is 4. The van der Waals surface area contributed by atoms with Crippen LogP contribution in [0.5, 0.6) is 11.5 Å². The van der Waals surface area contributed by atoms with Crippen molar-refractivity contribution in [2.45, 2.75) is 0 Å². The second-order valence-electron chi connectivity index (χ2n) is 7.58. The van der Waals surface area contributed by atoms with Crippen molar-refractivity contribution in [3.05, 3.63) is 119 Å². The van der Waals surface area contributed by atoms with E-state index in [4.69, 9.17) is 16.6 Å². The summed E-state index contributed by atoms with van der Waals surface area (Å²) in [5.41, 5.74) is 12.5. The minimum absolute atomic E-state index is 0.0347. The lowest BCUT2D eigenvalue weighted by molar-refractivity contribution is 0.100. The van der Waals surface area contributed by atoms with Crippen LogP contribution in [0.25, 0.3) is 22.3 Å². The van der Waals surface area contributed by atoms with Gasteiger partial charge in [-0.2, -0.15) is 0 Å². The molecule has 1 heterocycles. The molecule has 5 rings (SSSR count). The number of nitrogens with two attached hydrogens (primary N) is 2. The van der Waals surface area contributed by atoms with E-state index in [1.165, 1.54) is 6.07 Å². The van der Waals surface area contributed by atoms with Crippen LogP contribution in [0.4, 0.5) is 5.69 Å². The van der Waals surface area contributed by atoms with Crippen molar-refractivity contribution in [1.82, 2.24) is 9.97 Å². The maximum absolute atomic E-state index is 11.9. The summed E-state index contributed by atoms with van der Waals surface area (Å²) in [7, 11) is 0. The SMILES string of the molecule is NC(=O)c1ccccc1N.O=Cc1ccccc1O.O=c1[nH]c(-c2ccccc2O)nc2ccccc12. The van der Waals surface area contributed by atoms with Gasteiger partial charge in [0.05, 0.1) is 27.6 Å². The minimum Gasteiger partial charge on any atom is -0.507 e. The molecule has 0 atom stereocenters. The van der Waals surface area contributed by atoms with E-state index < -0.39 is 5.91 Å². The van der Waals surface area contributed by atoms with Gasteiger partial charge in [-0.3, -0.25) is 14.4 Å². The van der Waals surface area contributed by atoms with Crippen LogP contribution in [-0.2, 0) is 0 Å². The molecule has 5 aromatic rings. The molecule has 7 N–H and O–H groups in total. The standard InChI is InChI=1S/C14H10N2O2.C7H8N2O.C7H6O2/c17-12-8-4-2-6-10(12)13-15-11-7-3-1-5-9(11)14(18)16-13;8-6-4-2-1-3-5(6)7(9)10;8-5-6-3-1-2-4-7(6)9/h1-8,17H,(H,15,16,18);1-4H,8H2,(H2,9,10);1-5,9H. The second kappa shape index (κ2) is 12.3. The van der Waals surface area contributed by atoms with Gasteiger partial charge in [-0.1, -0.05) is 48.5 Å². The highest BCUT2D eigenvalue weighted by Crippen LogP contribution is 2.25. The Labute approximate surface area is 211 Å². The number of aromatic amines is 1. The number of carbonyl (C=O) groups excluding carboxylic acids is 2. The number of nitrogen functional groups attached to an aromatic ring is 1. The number of fused-ring (bicyclic) bond motifs is 1. The van der Waals surface area contributed by atoms with E-state index in [-0.39, 0.29) is 17.1 Å². The molecule has 0 bridgehead atoms. The smallest absolute Gasteiger partial charge is 0.259 e. The van der Waals surface area contributed by atoms with E-state index in [0.717, 1.165) is 0 Å². The van der Waals surface area contributed by atoms with Gasteiger partial charge in [-0.25, -0.2) is 4.98 Å². The summed E-state index contributed by atoms with van der Waals surface area (Å²) >= 11 is 0. The average Bonchev–Trinajstić information content (AvgIpc) is 2.90. The molecule has 0 saturated heterocycles. The van der Waals surface area contributed by atoms with Gasteiger partial charge in [0.1, 0.15) is 17.3 Å². The Bertz CT molecular complexity index is 1600. The number of rotatable bonds is 3. The van der Waals surface area contributed by atoms with Crippen LogP contribution in [0.2, 0.25) is 0 Å². The Hall–Kier alpha value is -5.44. The first-order valence-corrected chi connectivity index (χ1v) is 11.0. The summed E-state index contributed by atoms with van der Waals surface area (Å²) in [4.78, 5) is 39.6. The molecule has 0 unspecified atom stereocenters. The number of para-hydroxylation sites is 4. The van der Waals surface area contributed by atoms with Crippen LogP contribution in [0, 0.1) is 0 Å². The first kappa shape index (κ1) is 26.2. The lowest BCUT2D eigenvalue weighted by atomic mass is 10.1. The molecule has 9 heteroatoms. The molecule has 0 saturated carbocycles. The van der Waals surface area contributed by atoms with Gasteiger partial charge in [-0.05, 0) is 48.5 Å². The van der Waals surface area contributed by atoms with Crippen molar-refractivity contribution >= 4 is 28.8 Å². The Kier molecular flexibility index (Phi) is 8.71. The molecule has 0 fully saturated rings. The van der Waals surface area contributed by atoms with Gasteiger partial charge in [-0.15, -0.1) is 0 Å². The van der Waals surface area contributed by atoms with E-state index >= 15 is 0 Å². The number of aromatic nitrogens is 2. The van der Waals surface area contributed by atoms with Crippen molar-refractivity contribution in [3.8, 4) is 22.9 Å². The molecule has 4 aromatic carbocycles. The molecule has 1 amide bonds. The normalized spacial score (nSPS) is 9.84. The largest absolute Gasteiger partial charge is 0.507 e. The van der Waals surface area contributed by atoms with Crippen molar-refractivity contribution in [2.75, 3.05) is 5.73 Å². The zero-order valence-electron chi connectivity index (χ0n) is 19.5. The fraction of sp³-hybridized carbons (Fsp3) is 0. The zero-order valence-corrected chi connectivity index (χ0v) is 19.5. The first-order valence-electron chi connectivity index (χ1n) is 11.0. The maximum atomic E-state index is 11.9. The first-order chi connectivity index (χ1) is 17.8. The predicted molar refractivity (Wildman–Crippen MR) is 142 cm³/mol. The average molecular weight is 497 g/mol. The number of H-pyrrole nitrogens is 1. The van der Waals surface area contributed by atoms with Crippen LogP contribution in [-0.4, -0.2) is 32.4 Å². The number of nitrogens with one attached hydrogen (secondary N) is 1. The van der Waals surface area contributed by atoms with E-state index in [2.05, 4.69) is 9.97 Å². The summed E-state index contributed by atoms with van der Waals surface area (Å²) in [6.45, 7) is 0. The lowest BCUT2D eigenvalue weighted by Crippen LogP contribution is -2.12. The van der Waals surface area contributed by atoms with Gasteiger partial charge >= 0.3 is 0 Å². The van der Waals surface area contributed by atoms with Gasteiger partial charge in [0.2, 0.25) is 0 Å². The molecule has 0 spiro atoms. The Morgan fingerprint density at radius 1 is 0.811 bits per heavy atom. The Morgan fingerprint density at radius 3 is 2.00 bits per heavy atom. The van der Waals surface area contributed by atoms with Crippen molar-refractivity contribution in [1.29, 1.82) is 0 Å². The number of hydrogen-bond acceptors (Lipinski definition) is 7. The summed E-state index contributed by atoms with van der Waals surface area (Å²) in [5, 5.41) is 19.2. The summed E-state index contributed by atoms with van der Waals surface area (Å²) in [6.07, 6.45) is 0.620. The fourth-order valence-electron chi connectivity index (χ4n) is 3.20. The van der Waals surface area contributed by atoms with Crippen LogP contribution in [0.1, 0.15) is 20.7 Å². The maximum Gasteiger partial charge on any atom is 0.259 e. The highest BCUT2D eigenvalue weighted by molar-refractivity contribution is 5.97. The highest BCUT2D eigenvalue weighted by atomic mass is 16.3. The lowest BCUT2D eigenvalue weighted by Gasteiger charge is -2.04. The van der Waals surface area contributed by atoms with Crippen LogP contribution >= 0.6 is 0 Å². The van der Waals surface area contributed by atoms with Gasteiger partial charge in [0, 0.05) is 5.69 Å². The molecule has 9 nitrogen and oxygen atoms in total. The third kappa shape index (κ3) is 6.80. The van der Waals surface area contributed by atoms with E-state index in [0.29, 0.717) is 45.4 Å². The van der Waals surface area contributed by atoms with Gasteiger partial charge in [0.25, 0.3) is 11.5 Å². The number of hydrogen-bond donors (Lipinski definition) is 5. The van der Waals surface area contributed by atoms with Crippen molar-refractivity contribution < 1.29 is 19.8 Å². The quantitative estimate of drug-likeness (QED) is 0.186. The van der Waals surface area contributed by atoms with Crippen LogP contribution in [0.15, 0.2) is 102 Å². The predicted octanol–water partition coefficient (Wildman–Crippen LogP) is 3.87. The molecule has 1 aromatic heterocycles. The van der Waals surface area contributed by atoms with E-state index in [9.17, 15) is 19.5 Å². The highest BCUT2D eigenvalue weighted by Gasteiger charge is 2.08. The van der Waals surface area contributed by atoms with Crippen molar-refractivity contribution in [3.63, 3.8) is 0 Å². The minimum atomic E-state index is -0.488. The molecule has 37 heavy (non-hydrogen) atoms. The molecule has 0 radical (unpaired) electrons. The molecule has 0 aliphatic heterocycles. The number of amides is 1. The van der Waals surface area contributed by atoms with Crippen molar-refractivity contribution in [2.24, 2.45) is 5.73 Å². The summed E-state index contributed by atoms with van der Waals surface area (Å²) < 4.78 is 0. The van der Waals surface area contributed by atoms with E-state index in [1.807, 2.05) is 6.07 Å². The fourth-order valence-corrected chi connectivity index (χ4v) is 3.20. The molecule has 0 aliphatic rings. The van der Waals surface area contributed by atoms with Crippen LogP contribution < -0.4 is 17.0 Å². The third-order valence-corrected chi connectivity index (χ3v) is 5.06. The summed E-state index contributed by atoms with van der Waals surface area (Å²) in [5.74, 6) is 0.0123. The topological polar surface area (TPSA) is 172 Å². The Balaban J connectivity index is 0.000000170. The number of carbonyl (C=O) groups is 2. The second-order valence-corrected chi connectivity index (χ2v) is 7.58. The molecular formula is C28H24N4O5. The van der Waals surface area contributed by atoms with Gasteiger partial charge in [0.15, 0.2) is 6.29 Å². The number of primary amides is 1. The summed E-state index contributed by atoms with van der Waals surface area (Å²) in [6, 6.07) is 27.0. The number of phenols is 2. The third-order valence-electron chi connectivity index (χ3n) is 5.06. The number of phenolic OH excluding ortho intramolecular Hbond substituents is 2. The van der Waals surface area contributed by atoms with Gasteiger partial charge < -0.3 is 26.7 Å². The number of anilines is 1. The van der Waals surface area contributed by atoms with Crippen LogP contribution in [0.3, 0.4) is 0 Å². The Morgan fingerprint density at radius 2 is 1.41 bits per heavy atom.